The first-order chi connectivity index (χ1) is 9.95. The Morgan fingerprint density at radius 2 is 2.14 bits per heavy atom. The van der Waals surface area contributed by atoms with E-state index >= 15 is 0 Å². The van der Waals surface area contributed by atoms with E-state index in [1.165, 1.54) is 0 Å². The summed E-state index contributed by atoms with van der Waals surface area (Å²) in [6.45, 7) is 4.30. The predicted octanol–water partition coefficient (Wildman–Crippen LogP) is 0.961. The van der Waals surface area contributed by atoms with Gasteiger partial charge in [-0.25, -0.2) is 4.98 Å². The highest BCUT2D eigenvalue weighted by atomic mass is 16.2. The normalized spacial score (nSPS) is 18.7. The SMILES string of the molecule is CC1(C)NC(=O)CCN(Cc2cn3ccccc3n2)C1=O. The molecule has 1 N–H and O–H groups in total. The van der Waals surface area contributed by atoms with Crippen LogP contribution < -0.4 is 5.32 Å². The molecule has 1 fully saturated rings. The van der Waals surface area contributed by atoms with Crippen LogP contribution in [0.25, 0.3) is 5.65 Å². The van der Waals surface area contributed by atoms with E-state index in [9.17, 15) is 9.59 Å². The van der Waals surface area contributed by atoms with Crippen molar-refractivity contribution in [2.45, 2.75) is 32.4 Å². The third-order valence-electron chi connectivity index (χ3n) is 3.65. The topological polar surface area (TPSA) is 66.7 Å². The fourth-order valence-electron chi connectivity index (χ4n) is 2.61. The summed E-state index contributed by atoms with van der Waals surface area (Å²) in [6, 6.07) is 5.78. The molecular formula is C15H18N4O2. The zero-order valence-electron chi connectivity index (χ0n) is 12.2. The van der Waals surface area contributed by atoms with Gasteiger partial charge in [0.25, 0.3) is 0 Å². The lowest BCUT2D eigenvalue weighted by atomic mass is 10.0. The van der Waals surface area contributed by atoms with Gasteiger partial charge in [0.1, 0.15) is 11.2 Å². The van der Waals surface area contributed by atoms with Gasteiger partial charge in [-0.3, -0.25) is 9.59 Å². The first-order valence-corrected chi connectivity index (χ1v) is 6.99. The van der Waals surface area contributed by atoms with Crippen LogP contribution in [0.2, 0.25) is 0 Å². The van der Waals surface area contributed by atoms with Gasteiger partial charge in [0.15, 0.2) is 0 Å². The molecule has 0 spiro atoms. The largest absolute Gasteiger partial charge is 0.342 e. The molecule has 3 heterocycles. The Morgan fingerprint density at radius 1 is 1.33 bits per heavy atom. The fraction of sp³-hybridized carbons (Fsp3) is 0.400. The molecule has 0 atom stereocenters. The van der Waals surface area contributed by atoms with E-state index in [4.69, 9.17) is 0 Å². The molecule has 0 aromatic carbocycles. The molecule has 0 bridgehead atoms. The minimum absolute atomic E-state index is 0.0783. The lowest BCUT2D eigenvalue weighted by molar-refractivity contribution is -0.137. The van der Waals surface area contributed by atoms with Crippen molar-refractivity contribution < 1.29 is 9.59 Å². The van der Waals surface area contributed by atoms with E-state index in [0.717, 1.165) is 11.3 Å². The van der Waals surface area contributed by atoms with E-state index < -0.39 is 5.54 Å². The van der Waals surface area contributed by atoms with Crippen LogP contribution in [0.3, 0.4) is 0 Å². The zero-order chi connectivity index (χ0) is 15.0. The molecule has 2 aromatic rings. The maximum atomic E-state index is 12.5. The van der Waals surface area contributed by atoms with Crippen LogP contribution in [0.5, 0.6) is 0 Å². The van der Waals surface area contributed by atoms with E-state index in [-0.39, 0.29) is 11.8 Å². The number of pyridine rings is 1. The van der Waals surface area contributed by atoms with Gasteiger partial charge in [0.05, 0.1) is 12.2 Å². The molecule has 0 radical (unpaired) electrons. The quantitative estimate of drug-likeness (QED) is 0.894. The number of nitrogens with one attached hydrogen (secondary N) is 1. The Balaban J connectivity index is 1.85. The van der Waals surface area contributed by atoms with E-state index in [0.29, 0.717) is 19.5 Å². The maximum absolute atomic E-state index is 12.5. The van der Waals surface area contributed by atoms with Crippen molar-refractivity contribution in [2.75, 3.05) is 6.54 Å². The van der Waals surface area contributed by atoms with Crippen molar-refractivity contribution in [1.82, 2.24) is 19.6 Å². The summed E-state index contributed by atoms with van der Waals surface area (Å²) in [4.78, 5) is 30.4. The average molecular weight is 286 g/mol. The minimum atomic E-state index is -0.868. The molecule has 1 saturated heterocycles. The van der Waals surface area contributed by atoms with Gasteiger partial charge in [-0.1, -0.05) is 6.07 Å². The van der Waals surface area contributed by atoms with Crippen LogP contribution >= 0.6 is 0 Å². The molecule has 21 heavy (non-hydrogen) atoms. The Hall–Kier alpha value is -2.37. The van der Waals surface area contributed by atoms with Gasteiger partial charge in [-0.05, 0) is 26.0 Å². The number of hydrogen-bond donors (Lipinski definition) is 1. The Morgan fingerprint density at radius 3 is 2.90 bits per heavy atom. The molecule has 6 heteroatoms. The van der Waals surface area contributed by atoms with Gasteiger partial charge < -0.3 is 14.6 Å². The first-order valence-electron chi connectivity index (χ1n) is 6.99. The lowest BCUT2D eigenvalue weighted by Gasteiger charge is -2.28. The number of aromatic nitrogens is 2. The molecule has 0 saturated carbocycles. The summed E-state index contributed by atoms with van der Waals surface area (Å²) < 4.78 is 1.92. The molecule has 2 aromatic heterocycles. The van der Waals surface area contributed by atoms with Crippen molar-refractivity contribution in [1.29, 1.82) is 0 Å². The predicted molar refractivity (Wildman–Crippen MR) is 77.4 cm³/mol. The number of rotatable bonds is 2. The molecule has 1 aliphatic rings. The summed E-state index contributed by atoms with van der Waals surface area (Å²) in [5, 5.41) is 2.75. The van der Waals surface area contributed by atoms with Crippen LogP contribution in [-0.2, 0) is 16.1 Å². The summed E-state index contributed by atoms with van der Waals surface area (Å²) in [6.07, 6.45) is 4.16. The number of hydrogen-bond acceptors (Lipinski definition) is 3. The first kappa shape index (κ1) is 13.6. The average Bonchev–Trinajstić information content (AvgIpc) is 2.80. The van der Waals surface area contributed by atoms with Gasteiger partial charge in [0, 0.05) is 25.4 Å². The highest BCUT2D eigenvalue weighted by Gasteiger charge is 2.36. The maximum Gasteiger partial charge on any atom is 0.248 e. The van der Waals surface area contributed by atoms with Crippen LogP contribution in [0, 0.1) is 0 Å². The number of carbonyl (C=O) groups is 2. The summed E-state index contributed by atoms with van der Waals surface area (Å²) in [5.41, 5.74) is 0.801. The second kappa shape index (κ2) is 4.87. The molecular weight excluding hydrogens is 268 g/mol. The fourth-order valence-corrected chi connectivity index (χ4v) is 2.61. The molecule has 0 aliphatic carbocycles. The van der Waals surface area contributed by atoms with Crippen molar-refractivity contribution in [2.24, 2.45) is 0 Å². The molecule has 0 unspecified atom stereocenters. The second-order valence-corrected chi connectivity index (χ2v) is 5.85. The zero-order valence-corrected chi connectivity index (χ0v) is 12.2. The monoisotopic (exact) mass is 286 g/mol. The van der Waals surface area contributed by atoms with Crippen molar-refractivity contribution in [3.63, 3.8) is 0 Å². The minimum Gasteiger partial charge on any atom is -0.342 e. The number of fused-ring (bicyclic) bond motifs is 1. The highest BCUT2D eigenvalue weighted by Crippen LogP contribution is 2.16. The van der Waals surface area contributed by atoms with Gasteiger partial charge in [-0.15, -0.1) is 0 Å². The van der Waals surface area contributed by atoms with Crippen LogP contribution in [0.4, 0.5) is 0 Å². The third-order valence-corrected chi connectivity index (χ3v) is 3.65. The number of imidazole rings is 1. The smallest absolute Gasteiger partial charge is 0.248 e. The Bertz CT molecular complexity index is 672. The highest BCUT2D eigenvalue weighted by molar-refractivity contribution is 5.92. The van der Waals surface area contributed by atoms with Gasteiger partial charge in [0.2, 0.25) is 11.8 Å². The van der Waals surface area contributed by atoms with E-state index in [2.05, 4.69) is 10.3 Å². The molecule has 6 nitrogen and oxygen atoms in total. The number of nitrogens with zero attached hydrogens (tertiary/aromatic N) is 3. The van der Waals surface area contributed by atoms with Crippen molar-refractivity contribution in [3.05, 3.63) is 36.3 Å². The van der Waals surface area contributed by atoms with Crippen LogP contribution in [0.1, 0.15) is 26.0 Å². The summed E-state index contributed by atoms with van der Waals surface area (Å²) >= 11 is 0. The van der Waals surface area contributed by atoms with E-state index in [1.54, 1.807) is 18.7 Å². The second-order valence-electron chi connectivity index (χ2n) is 5.85. The molecule has 110 valence electrons. The number of carbonyl (C=O) groups excluding carboxylic acids is 2. The van der Waals surface area contributed by atoms with E-state index in [1.807, 2.05) is 35.0 Å². The van der Waals surface area contributed by atoms with Gasteiger partial charge in [-0.2, -0.15) is 0 Å². The molecule has 2 amide bonds. The van der Waals surface area contributed by atoms with Gasteiger partial charge >= 0.3 is 0 Å². The Kier molecular flexibility index (Phi) is 3.16. The van der Waals surface area contributed by atoms with Crippen molar-refractivity contribution in [3.8, 4) is 0 Å². The summed E-state index contributed by atoms with van der Waals surface area (Å²) in [5.74, 6) is -0.170. The van der Waals surface area contributed by atoms with Crippen LogP contribution in [0.15, 0.2) is 30.6 Å². The standard InChI is InChI=1S/C15H18N4O2/c1-15(2)14(21)19(8-6-13(20)17-15)10-11-9-18-7-4-3-5-12(18)16-11/h3-5,7,9H,6,8,10H2,1-2H3,(H,17,20). The summed E-state index contributed by atoms with van der Waals surface area (Å²) in [7, 11) is 0. The Labute approximate surface area is 122 Å². The van der Waals surface area contributed by atoms with Crippen molar-refractivity contribution >= 4 is 17.5 Å². The molecule has 3 rings (SSSR count). The third kappa shape index (κ3) is 2.61. The number of amides is 2. The molecule has 1 aliphatic heterocycles. The van der Waals surface area contributed by atoms with Crippen LogP contribution in [-0.4, -0.2) is 38.2 Å². The lowest BCUT2D eigenvalue weighted by Crippen LogP contribution is -2.52.